The van der Waals surface area contributed by atoms with Gasteiger partial charge in [0.25, 0.3) is 0 Å². The highest BCUT2D eigenvalue weighted by atomic mass is 16.6. The first-order valence-electron chi connectivity index (χ1n) is 11.8. The van der Waals surface area contributed by atoms with E-state index in [1.54, 1.807) is 20.8 Å². The van der Waals surface area contributed by atoms with E-state index in [9.17, 15) is 14.7 Å². The van der Waals surface area contributed by atoms with Gasteiger partial charge in [0.2, 0.25) is 0 Å². The number of carbonyl (C=O) groups is 2. The second kappa shape index (κ2) is 10.1. The molecule has 1 unspecified atom stereocenters. The molecule has 0 bridgehead atoms. The monoisotopic (exact) mass is 447 g/mol. The molecule has 1 fully saturated rings. The molecule has 0 saturated heterocycles. The summed E-state index contributed by atoms with van der Waals surface area (Å²) in [6.45, 7) is 15.2. The van der Waals surface area contributed by atoms with Crippen molar-refractivity contribution >= 4 is 12.1 Å². The molecule has 0 aromatic heterocycles. The molecule has 0 spiro atoms. The molecule has 1 aliphatic carbocycles. The number of hydrogen-bond acceptors (Lipinski definition) is 4. The topological polar surface area (TPSA) is 84.9 Å². The first kappa shape index (κ1) is 26.0. The number of aliphatic carboxylic acids is 1. The van der Waals surface area contributed by atoms with Crippen molar-refractivity contribution < 1.29 is 24.2 Å². The Kier molecular flexibility index (Phi) is 8.24. The largest absolute Gasteiger partial charge is 0.490 e. The Hall–Kier alpha value is -2.24. The quantitative estimate of drug-likeness (QED) is 0.453. The van der Waals surface area contributed by atoms with E-state index in [0.717, 1.165) is 16.9 Å². The maximum absolute atomic E-state index is 12.6. The summed E-state index contributed by atoms with van der Waals surface area (Å²) >= 11 is 0. The third-order valence-corrected chi connectivity index (χ3v) is 6.52. The molecule has 1 aromatic rings. The van der Waals surface area contributed by atoms with E-state index >= 15 is 0 Å². The predicted octanol–water partition coefficient (Wildman–Crippen LogP) is 6.10. The Labute approximate surface area is 193 Å². The average Bonchev–Trinajstić information content (AvgIpc) is 3.53. The van der Waals surface area contributed by atoms with Crippen LogP contribution in [0.3, 0.4) is 0 Å². The highest BCUT2D eigenvalue weighted by molar-refractivity contribution is 5.85. The van der Waals surface area contributed by atoms with Gasteiger partial charge >= 0.3 is 12.1 Å². The van der Waals surface area contributed by atoms with Gasteiger partial charge in [-0.05, 0) is 68.4 Å². The van der Waals surface area contributed by atoms with Crippen molar-refractivity contribution in [1.29, 1.82) is 0 Å². The zero-order valence-electron chi connectivity index (χ0n) is 21.0. The maximum Gasteiger partial charge on any atom is 0.408 e. The second-order valence-corrected chi connectivity index (χ2v) is 10.5. The van der Waals surface area contributed by atoms with E-state index < -0.39 is 23.2 Å². The van der Waals surface area contributed by atoms with Crippen molar-refractivity contribution in [3.05, 3.63) is 29.3 Å². The van der Waals surface area contributed by atoms with Gasteiger partial charge in [-0.1, -0.05) is 59.2 Å². The number of ether oxygens (including phenoxy) is 2. The fraction of sp³-hybridized carbons (Fsp3) is 0.692. The number of rotatable bonds is 10. The van der Waals surface area contributed by atoms with Crippen molar-refractivity contribution in [2.24, 2.45) is 11.8 Å². The van der Waals surface area contributed by atoms with Crippen LogP contribution in [0, 0.1) is 11.8 Å². The van der Waals surface area contributed by atoms with Crippen molar-refractivity contribution in [2.75, 3.05) is 6.61 Å². The summed E-state index contributed by atoms with van der Waals surface area (Å²) in [5, 5.41) is 12.9. The number of carboxylic acid groups (broad SMARTS) is 1. The fourth-order valence-electron chi connectivity index (χ4n) is 4.05. The van der Waals surface area contributed by atoms with Gasteiger partial charge in [-0.2, -0.15) is 0 Å². The van der Waals surface area contributed by atoms with E-state index in [1.807, 2.05) is 19.9 Å². The molecular formula is C26H41NO5. The van der Waals surface area contributed by atoms with Crippen LogP contribution in [0.2, 0.25) is 0 Å². The molecule has 3 atom stereocenters. The highest BCUT2D eigenvalue weighted by Gasteiger charge is 2.47. The van der Waals surface area contributed by atoms with Crippen LogP contribution in [0.4, 0.5) is 4.79 Å². The average molecular weight is 448 g/mol. The molecule has 2 N–H and O–H groups in total. The Bertz CT molecular complexity index is 809. The minimum atomic E-state index is -1.61. The third-order valence-electron chi connectivity index (χ3n) is 6.52. The number of para-hydroxylation sites is 1. The van der Waals surface area contributed by atoms with Crippen LogP contribution >= 0.6 is 0 Å². The first-order valence-corrected chi connectivity index (χ1v) is 11.8. The number of carbonyl (C=O) groups excluding carboxylic acids is 1. The smallest absolute Gasteiger partial charge is 0.408 e. The minimum Gasteiger partial charge on any atom is -0.490 e. The summed E-state index contributed by atoms with van der Waals surface area (Å²) in [4.78, 5) is 25.2. The zero-order chi connectivity index (χ0) is 24.3. The molecular weight excluding hydrogens is 406 g/mol. The number of nitrogens with one attached hydrogen (secondary N) is 1. The van der Waals surface area contributed by atoms with Crippen LogP contribution in [0.5, 0.6) is 5.75 Å². The summed E-state index contributed by atoms with van der Waals surface area (Å²) in [7, 11) is 0. The first-order chi connectivity index (χ1) is 14.8. The minimum absolute atomic E-state index is 0.176. The summed E-state index contributed by atoms with van der Waals surface area (Å²) in [5.41, 5.74) is -0.182. The van der Waals surface area contributed by atoms with Crippen LogP contribution in [0.25, 0.3) is 0 Å². The SMILES string of the molecule is CCC(C)[C@@](COc1c(C(C)C)cccc1[C@H](C)C1CC1)(NC(=O)OC(C)(C)C)C(=O)O. The maximum atomic E-state index is 12.6. The van der Waals surface area contributed by atoms with Crippen LogP contribution in [0.15, 0.2) is 18.2 Å². The van der Waals surface area contributed by atoms with Gasteiger partial charge in [-0.25, -0.2) is 9.59 Å². The molecule has 32 heavy (non-hydrogen) atoms. The number of alkyl carbamates (subject to hydrolysis) is 1. The van der Waals surface area contributed by atoms with Gasteiger partial charge in [0.1, 0.15) is 18.0 Å². The lowest BCUT2D eigenvalue weighted by molar-refractivity contribution is -0.149. The second-order valence-electron chi connectivity index (χ2n) is 10.5. The molecule has 0 radical (unpaired) electrons. The lowest BCUT2D eigenvalue weighted by Crippen LogP contribution is -2.63. The lowest BCUT2D eigenvalue weighted by atomic mass is 9.83. The lowest BCUT2D eigenvalue weighted by Gasteiger charge is -2.36. The summed E-state index contributed by atoms with van der Waals surface area (Å²) < 4.78 is 11.7. The fourth-order valence-corrected chi connectivity index (χ4v) is 4.05. The molecule has 1 aromatic carbocycles. The summed E-state index contributed by atoms with van der Waals surface area (Å²) in [6, 6.07) is 6.17. The van der Waals surface area contributed by atoms with E-state index in [0.29, 0.717) is 18.3 Å². The normalized spacial score (nSPS) is 17.9. The van der Waals surface area contributed by atoms with Gasteiger partial charge in [-0.3, -0.25) is 0 Å². The van der Waals surface area contributed by atoms with E-state index in [4.69, 9.17) is 9.47 Å². The molecule has 1 saturated carbocycles. The van der Waals surface area contributed by atoms with E-state index in [2.05, 4.69) is 38.2 Å². The van der Waals surface area contributed by atoms with Crippen molar-refractivity contribution in [3.8, 4) is 5.75 Å². The van der Waals surface area contributed by atoms with E-state index in [1.165, 1.54) is 12.8 Å². The van der Waals surface area contributed by atoms with Crippen molar-refractivity contribution in [2.45, 2.75) is 97.6 Å². The van der Waals surface area contributed by atoms with Crippen LogP contribution in [0.1, 0.15) is 97.6 Å². The Morgan fingerprint density at radius 1 is 1.12 bits per heavy atom. The molecule has 0 heterocycles. The van der Waals surface area contributed by atoms with Gasteiger partial charge in [0.15, 0.2) is 5.54 Å². The molecule has 1 aliphatic rings. The van der Waals surface area contributed by atoms with E-state index in [-0.39, 0.29) is 18.4 Å². The highest BCUT2D eigenvalue weighted by Crippen LogP contribution is 2.46. The summed E-state index contributed by atoms with van der Waals surface area (Å²) in [5.74, 6) is 0.447. The van der Waals surface area contributed by atoms with Gasteiger partial charge in [0.05, 0.1) is 0 Å². The van der Waals surface area contributed by atoms with Gasteiger partial charge in [-0.15, -0.1) is 0 Å². The summed E-state index contributed by atoms with van der Waals surface area (Å²) in [6.07, 6.45) is 2.22. The molecule has 6 nitrogen and oxygen atoms in total. The Balaban J connectivity index is 2.42. The molecule has 1 amide bonds. The van der Waals surface area contributed by atoms with Crippen LogP contribution in [-0.2, 0) is 9.53 Å². The van der Waals surface area contributed by atoms with Crippen LogP contribution in [-0.4, -0.2) is 34.9 Å². The van der Waals surface area contributed by atoms with Crippen LogP contribution < -0.4 is 10.1 Å². The van der Waals surface area contributed by atoms with Crippen molar-refractivity contribution in [3.63, 3.8) is 0 Å². The zero-order valence-corrected chi connectivity index (χ0v) is 21.0. The Morgan fingerprint density at radius 3 is 2.19 bits per heavy atom. The molecule has 6 heteroatoms. The number of carboxylic acids is 1. The number of amides is 1. The molecule has 180 valence electrons. The number of hydrogen-bond donors (Lipinski definition) is 2. The molecule has 2 rings (SSSR count). The Morgan fingerprint density at radius 2 is 1.72 bits per heavy atom. The number of benzene rings is 1. The third kappa shape index (κ3) is 6.17. The van der Waals surface area contributed by atoms with Gasteiger partial charge < -0.3 is 19.9 Å². The van der Waals surface area contributed by atoms with Crippen molar-refractivity contribution in [1.82, 2.24) is 5.32 Å². The molecule has 0 aliphatic heterocycles. The standard InChI is InChI=1S/C26H41NO5/c1-9-17(4)26(23(28)29,27-24(30)32-25(6,7)8)15-31-22-20(16(2)3)11-10-12-21(22)18(5)19-13-14-19/h10-12,16-19H,9,13-15H2,1-8H3,(H,27,30)(H,28,29)/t17?,18-,26-/m1/s1. The van der Waals surface area contributed by atoms with Gasteiger partial charge in [0, 0.05) is 0 Å². The predicted molar refractivity (Wildman–Crippen MR) is 126 cm³/mol.